The van der Waals surface area contributed by atoms with Gasteiger partial charge in [-0.25, -0.2) is 18.0 Å². The fraction of sp³-hybridized carbons (Fsp3) is 0.115. The minimum absolute atomic E-state index is 0.192. The molecule has 1 unspecified atom stereocenters. The number of fused-ring (bicyclic) bond motifs is 1. The average Bonchev–Trinajstić information content (AvgIpc) is 3.34. The lowest BCUT2D eigenvalue weighted by Crippen LogP contribution is -2.46. The predicted octanol–water partition coefficient (Wildman–Crippen LogP) is 4.98. The summed E-state index contributed by atoms with van der Waals surface area (Å²) in [6.45, 7) is 1.57. The maximum Gasteiger partial charge on any atom is 0.319 e. The molecule has 8 nitrogen and oxygen atoms in total. The Labute approximate surface area is 210 Å². The van der Waals surface area contributed by atoms with Gasteiger partial charge in [-0.1, -0.05) is 6.07 Å². The molecule has 5 rings (SSSR count). The number of nitrogens with zero attached hydrogens (tertiary/aromatic N) is 1. The van der Waals surface area contributed by atoms with Crippen molar-refractivity contribution < 1.29 is 22.8 Å². The van der Waals surface area contributed by atoms with Crippen LogP contribution in [0.25, 0.3) is 10.9 Å². The summed E-state index contributed by atoms with van der Waals surface area (Å²) in [5.74, 6) is -2.76. The molecule has 0 bridgehead atoms. The summed E-state index contributed by atoms with van der Waals surface area (Å²) in [4.78, 5) is 24.8. The van der Waals surface area contributed by atoms with Crippen molar-refractivity contribution in [3.8, 4) is 0 Å². The molecule has 1 atom stereocenters. The number of hydrogen-bond acceptors (Lipinski definition) is 4. The number of carbonyl (C=O) groups excluding carboxylic acids is 2. The molecule has 1 aliphatic rings. The third-order valence-electron chi connectivity index (χ3n) is 5.62. The van der Waals surface area contributed by atoms with Crippen molar-refractivity contribution in [2.24, 2.45) is 0 Å². The van der Waals surface area contributed by atoms with Gasteiger partial charge in [0.15, 0.2) is 11.6 Å². The van der Waals surface area contributed by atoms with E-state index in [2.05, 4.69) is 31.5 Å². The van der Waals surface area contributed by atoms with Gasteiger partial charge in [0.2, 0.25) is 0 Å². The second-order valence-electron chi connectivity index (χ2n) is 8.13. The van der Waals surface area contributed by atoms with Gasteiger partial charge < -0.3 is 21.3 Å². The highest BCUT2D eigenvalue weighted by atomic mass is 19.2. The maximum atomic E-state index is 13.7. The molecule has 190 valence electrons. The van der Waals surface area contributed by atoms with Crippen LogP contribution in [0.2, 0.25) is 0 Å². The molecule has 5 N–H and O–H groups in total. The van der Waals surface area contributed by atoms with Crippen molar-refractivity contribution in [1.82, 2.24) is 20.8 Å². The lowest BCUT2D eigenvalue weighted by atomic mass is 9.94. The number of aromatic nitrogens is 2. The zero-order valence-corrected chi connectivity index (χ0v) is 19.8. The Morgan fingerprint density at radius 1 is 0.946 bits per heavy atom. The molecule has 1 aromatic heterocycles. The summed E-state index contributed by atoms with van der Waals surface area (Å²) < 4.78 is 39.2. The largest absolute Gasteiger partial charge is 0.388 e. The second-order valence-corrected chi connectivity index (χ2v) is 8.13. The van der Waals surface area contributed by atoms with Crippen LogP contribution < -0.4 is 21.3 Å². The topological polar surface area (TPSA) is 111 Å². The zero-order valence-electron chi connectivity index (χ0n) is 19.8. The van der Waals surface area contributed by atoms with E-state index < -0.39 is 29.6 Å². The van der Waals surface area contributed by atoms with Gasteiger partial charge in [-0.05, 0) is 67.1 Å². The second kappa shape index (κ2) is 10.9. The molecule has 0 radical (unpaired) electrons. The summed E-state index contributed by atoms with van der Waals surface area (Å²) in [6.07, 6.45) is 1.63. The molecular formula is C26H23F3N6O2. The van der Waals surface area contributed by atoms with Crippen molar-refractivity contribution >= 4 is 34.2 Å². The van der Waals surface area contributed by atoms with E-state index in [0.29, 0.717) is 11.4 Å². The number of amides is 3. The van der Waals surface area contributed by atoms with E-state index in [1.165, 1.54) is 18.2 Å². The van der Waals surface area contributed by atoms with E-state index in [-0.39, 0.29) is 17.0 Å². The summed E-state index contributed by atoms with van der Waals surface area (Å²) in [5, 5.41) is 18.3. The number of urea groups is 1. The number of H-pyrrole nitrogens is 1. The average molecular weight is 509 g/mol. The molecule has 3 amide bonds. The number of rotatable bonds is 4. The molecule has 1 aliphatic heterocycles. The van der Waals surface area contributed by atoms with Crippen molar-refractivity contribution in [2.45, 2.75) is 13.0 Å². The maximum absolute atomic E-state index is 13.7. The Kier molecular flexibility index (Phi) is 7.42. The van der Waals surface area contributed by atoms with Crippen molar-refractivity contribution in [3.05, 3.63) is 101 Å². The van der Waals surface area contributed by atoms with Crippen LogP contribution in [0.15, 0.2) is 78.1 Å². The fourth-order valence-electron chi connectivity index (χ4n) is 3.77. The molecule has 4 aromatic rings. The molecule has 2 heterocycles. The molecule has 11 heteroatoms. The Balaban J connectivity index is 0.000000301. The van der Waals surface area contributed by atoms with Gasteiger partial charge in [0.25, 0.3) is 5.91 Å². The van der Waals surface area contributed by atoms with Crippen LogP contribution in [0.3, 0.4) is 0 Å². The SMILES string of the molecule is CC1=C(C(=O)Nc2ccc3[nH]ncc3c2)C(c2ccc(F)c(F)c2)NC(=O)N1.CNc1ccc(F)cc1. The van der Waals surface area contributed by atoms with Gasteiger partial charge in [-0.15, -0.1) is 0 Å². The summed E-state index contributed by atoms with van der Waals surface area (Å²) in [7, 11) is 1.80. The lowest BCUT2D eigenvalue weighted by Gasteiger charge is -2.28. The minimum Gasteiger partial charge on any atom is -0.388 e. The van der Waals surface area contributed by atoms with Crippen LogP contribution in [0, 0.1) is 17.5 Å². The Hall–Kier alpha value is -4.80. The number of hydrogen-bond donors (Lipinski definition) is 5. The van der Waals surface area contributed by atoms with Gasteiger partial charge in [0, 0.05) is 29.5 Å². The first kappa shape index (κ1) is 25.3. The molecule has 3 aromatic carbocycles. The van der Waals surface area contributed by atoms with E-state index >= 15 is 0 Å². The lowest BCUT2D eigenvalue weighted by molar-refractivity contribution is -0.113. The normalized spacial score (nSPS) is 14.8. The molecular weight excluding hydrogens is 485 g/mol. The van der Waals surface area contributed by atoms with Gasteiger partial charge in [0.05, 0.1) is 23.3 Å². The number of carbonyl (C=O) groups is 2. The number of nitrogens with one attached hydrogen (secondary N) is 5. The molecule has 0 aliphatic carbocycles. The molecule has 37 heavy (non-hydrogen) atoms. The van der Waals surface area contributed by atoms with Gasteiger partial charge in [0.1, 0.15) is 5.82 Å². The van der Waals surface area contributed by atoms with Crippen LogP contribution in [-0.4, -0.2) is 29.2 Å². The first-order valence-corrected chi connectivity index (χ1v) is 11.2. The first-order chi connectivity index (χ1) is 17.7. The van der Waals surface area contributed by atoms with Crippen molar-refractivity contribution in [2.75, 3.05) is 17.7 Å². The highest BCUT2D eigenvalue weighted by Gasteiger charge is 2.31. The van der Waals surface area contributed by atoms with Crippen LogP contribution in [0.4, 0.5) is 29.3 Å². The third-order valence-corrected chi connectivity index (χ3v) is 5.62. The smallest absolute Gasteiger partial charge is 0.319 e. The molecule has 0 fully saturated rings. The summed E-state index contributed by atoms with van der Waals surface area (Å²) in [5.41, 5.74) is 3.04. The van der Waals surface area contributed by atoms with Crippen LogP contribution >= 0.6 is 0 Å². The van der Waals surface area contributed by atoms with Crippen molar-refractivity contribution in [1.29, 1.82) is 0 Å². The zero-order chi connectivity index (χ0) is 26.5. The van der Waals surface area contributed by atoms with Crippen LogP contribution in [0.5, 0.6) is 0 Å². The third kappa shape index (κ3) is 5.89. The van der Waals surface area contributed by atoms with E-state index in [1.54, 1.807) is 50.5 Å². The molecule has 0 saturated heterocycles. The number of benzene rings is 3. The van der Waals surface area contributed by atoms with E-state index in [9.17, 15) is 22.8 Å². The summed E-state index contributed by atoms with van der Waals surface area (Å²) >= 11 is 0. The first-order valence-electron chi connectivity index (χ1n) is 11.2. The van der Waals surface area contributed by atoms with Crippen molar-refractivity contribution in [3.63, 3.8) is 0 Å². The molecule has 0 spiro atoms. The Morgan fingerprint density at radius 3 is 2.38 bits per heavy atom. The number of halogens is 3. The van der Waals surface area contributed by atoms with Crippen LogP contribution in [-0.2, 0) is 4.79 Å². The van der Waals surface area contributed by atoms with E-state index in [0.717, 1.165) is 28.7 Å². The summed E-state index contributed by atoms with van der Waals surface area (Å²) in [6, 6.07) is 13.2. The Morgan fingerprint density at radius 2 is 1.68 bits per heavy atom. The van der Waals surface area contributed by atoms with E-state index in [4.69, 9.17) is 0 Å². The predicted molar refractivity (Wildman–Crippen MR) is 134 cm³/mol. The highest BCUT2D eigenvalue weighted by Crippen LogP contribution is 2.29. The van der Waals surface area contributed by atoms with Crippen LogP contribution in [0.1, 0.15) is 18.5 Å². The quantitative estimate of drug-likeness (QED) is 0.268. The van der Waals surface area contributed by atoms with E-state index in [1.807, 2.05) is 0 Å². The van der Waals surface area contributed by atoms with Gasteiger partial charge in [-0.3, -0.25) is 9.89 Å². The standard InChI is InChI=1S/C19H15F2N5O2.C7H8FN/c1-9-16(18(27)24-12-3-5-15-11(6-12)8-22-26-15)17(25-19(28)23-9)10-2-4-13(20)14(21)7-10;1-9-7-4-2-6(8)3-5-7/h2-8,17H,1H3,(H,22,26)(H,24,27)(H2,23,25,28);2-5,9H,1H3. The number of anilines is 2. The number of allylic oxidation sites excluding steroid dienone is 1. The monoisotopic (exact) mass is 508 g/mol. The highest BCUT2D eigenvalue weighted by molar-refractivity contribution is 6.07. The van der Waals surface area contributed by atoms with Gasteiger partial charge >= 0.3 is 6.03 Å². The Bertz CT molecular complexity index is 1480. The fourth-order valence-corrected chi connectivity index (χ4v) is 3.77. The minimum atomic E-state index is -1.06. The van der Waals surface area contributed by atoms with Gasteiger partial charge in [-0.2, -0.15) is 5.10 Å². The molecule has 0 saturated carbocycles. The number of aromatic amines is 1.